The molecule has 110 valence electrons. The van der Waals surface area contributed by atoms with Crippen molar-refractivity contribution in [2.45, 2.75) is 32.2 Å². The number of carbonyl (C=O) groups is 1. The Morgan fingerprint density at radius 3 is 2.75 bits per heavy atom. The third kappa shape index (κ3) is 3.96. The van der Waals surface area contributed by atoms with E-state index in [4.69, 9.17) is 10.5 Å². The van der Waals surface area contributed by atoms with Crippen LogP contribution < -0.4 is 10.5 Å². The van der Waals surface area contributed by atoms with Gasteiger partial charge in [-0.3, -0.25) is 4.79 Å². The minimum absolute atomic E-state index is 0.0558. The van der Waals surface area contributed by atoms with E-state index in [0.29, 0.717) is 5.75 Å². The minimum atomic E-state index is -0.122. The second-order valence-electron chi connectivity index (χ2n) is 5.20. The molecule has 5 heteroatoms. The molecular weight excluding hydrogens is 320 g/mol. The van der Waals surface area contributed by atoms with Crippen LogP contribution in [0.2, 0.25) is 0 Å². The van der Waals surface area contributed by atoms with Gasteiger partial charge in [-0.15, -0.1) is 0 Å². The van der Waals surface area contributed by atoms with Crippen LogP contribution in [0.15, 0.2) is 22.7 Å². The van der Waals surface area contributed by atoms with Crippen LogP contribution in [0.4, 0.5) is 0 Å². The van der Waals surface area contributed by atoms with Gasteiger partial charge in [0, 0.05) is 29.2 Å². The Morgan fingerprint density at radius 1 is 1.40 bits per heavy atom. The lowest BCUT2D eigenvalue weighted by Gasteiger charge is -2.26. The zero-order valence-electron chi connectivity index (χ0n) is 11.8. The lowest BCUT2D eigenvalue weighted by atomic mass is 10.1. The second kappa shape index (κ2) is 7.09. The molecule has 0 aliphatic carbocycles. The van der Waals surface area contributed by atoms with Crippen LogP contribution in [0.5, 0.6) is 5.75 Å². The third-order valence-electron chi connectivity index (χ3n) is 3.53. The molecule has 1 saturated heterocycles. The Morgan fingerprint density at radius 2 is 2.10 bits per heavy atom. The maximum absolute atomic E-state index is 12.1. The smallest absolute Gasteiger partial charge is 0.260 e. The SMILES string of the molecule is CC(N)c1ccc(Br)cc1OCC(=O)N1CCCCC1. The number of amides is 1. The van der Waals surface area contributed by atoms with Crippen LogP contribution in [0.1, 0.15) is 37.8 Å². The Kier molecular flexibility index (Phi) is 5.43. The van der Waals surface area contributed by atoms with Crippen LogP contribution in [-0.2, 0) is 4.79 Å². The first kappa shape index (κ1) is 15.3. The number of nitrogens with zero attached hydrogens (tertiary/aromatic N) is 1. The van der Waals surface area contributed by atoms with Gasteiger partial charge in [0.05, 0.1) is 0 Å². The molecule has 1 aromatic carbocycles. The Labute approximate surface area is 128 Å². The summed E-state index contributed by atoms with van der Waals surface area (Å²) in [5.74, 6) is 0.736. The monoisotopic (exact) mass is 340 g/mol. The largest absolute Gasteiger partial charge is 0.483 e. The number of halogens is 1. The summed E-state index contributed by atoms with van der Waals surface area (Å²) >= 11 is 3.41. The Hall–Kier alpha value is -1.07. The molecule has 20 heavy (non-hydrogen) atoms. The summed E-state index contributed by atoms with van der Waals surface area (Å²) in [6.45, 7) is 3.68. The third-order valence-corrected chi connectivity index (χ3v) is 4.02. The molecular formula is C15H21BrN2O2. The van der Waals surface area contributed by atoms with Crippen molar-refractivity contribution in [3.05, 3.63) is 28.2 Å². The molecule has 1 heterocycles. The highest BCUT2D eigenvalue weighted by Gasteiger charge is 2.18. The lowest BCUT2D eigenvalue weighted by molar-refractivity contribution is -0.134. The summed E-state index contributed by atoms with van der Waals surface area (Å²) in [5.41, 5.74) is 6.84. The van der Waals surface area contributed by atoms with Gasteiger partial charge >= 0.3 is 0 Å². The van der Waals surface area contributed by atoms with E-state index in [1.165, 1.54) is 6.42 Å². The van der Waals surface area contributed by atoms with Crippen LogP contribution in [0.3, 0.4) is 0 Å². The van der Waals surface area contributed by atoms with Gasteiger partial charge in [0.2, 0.25) is 0 Å². The van der Waals surface area contributed by atoms with Crippen molar-refractivity contribution >= 4 is 21.8 Å². The highest BCUT2D eigenvalue weighted by atomic mass is 79.9. The van der Waals surface area contributed by atoms with E-state index in [-0.39, 0.29) is 18.6 Å². The lowest BCUT2D eigenvalue weighted by Crippen LogP contribution is -2.38. The standard InChI is InChI=1S/C15H21BrN2O2/c1-11(17)13-6-5-12(16)9-14(13)20-10-15(19)18-7-3-2-4-8-18/h5-6,9,11H,2-4,7-8,10,17H2,1H3. The van der Waals surface area contributed by atoms with Crippen molar-refractivity contribution in [1.82, 2.24) is 4.90 Å². The van der Waals surface area contributed by atoms with Gasteiger partial charge in [-0.05, 0) is 38.3 Å². The van der Waals surface area contributed by atoms with Crippen LogP contribution in [0, 0.1) is 0 Å². The summed E-state index contributed by atoms with van der Waals surface area (Å²) in [7, 11) is 0. The molecule has 1 unspecified atom stereocenters. The topological polar surface area (TPSA) is 55.6 Å². The number of carbonyl (C=O) groups excluding carboxylic acids is 1. The average molecular weight is 341 g/mol. The van der Waals surface area contributed by atoms with Crippen molar-refractivity contribution in [3.8, 4) is 5.75 Å². The summed E-state index contributed by atoms with van der Waals surface area (Å²) in [6.07, 6.45) is 3.40. The number of rotatable bonds is 4. The van der Waals surface area contributed by atoms with E-state index >= 15 is 0 Å². The second-order valence-corrected chi connectivity index (χ2v) is 6.12. The summed E-state index contributed by atoms with van der Waals surface area (Å²) < 4.78 is 6.61. The predicted molar refractivity (Wildman–Crippen MR) is 82.7 cm³/mol. The number of hydrogen-bond donors (Lipinski definition) is 1. The van der Waals surface area contributed by atoms with Crippen LogP contribution >= 0.6 is 15.9 Å². The number of piperidine rings is 1. The zero-order chi connectivity index (χ0) is 14.5. The maximum Gasteiger partial charge on any atom is 0.260 e. The fourth-order valence-electron chi connectivity index (χ4n) is 2.38. The summed E-state index contributed by atoms with van der Waals surface area (Å²) in [5, 5.41) is 0. The fourth-order valence-corrected chi connectivity index (χ4v) is 2.72. The first-order chi connectivity index (χ1) is 9.58. The molecule has 1 amide bonds. The highest BCUT2D eigenvalue weighted by molar-refractivity contribution is 9.10. The molecule has 1 aliphatic rings. The fraction of sp³-hybridized carbons (Fsp3) is 0.533. The van der Waals surface area contributed by atoms with E-state index < -0.39 is 0 Å². The number of nitrogens with two attached hydrogens (primary N) is 1. The Bertz CT molecular complexity index is 471. The molecule has 0 bridgehead atoms. The highest BCUT2D eigenvalue weighted by Crippen LogP contribution is 2.27. The molecule has 1 atom stereocenters. The normalized spacial score (nSPS) is 16.9. The minimum Gasteiger partial charge on any atom is -0.483 e. The quantitative estimate of drug-likeness (QED) is 0.916. The average Bonchev–Trinajstić information content (AvgIpc) is 2.45. The van der Waals surface area contributed by atoms with Crippen molar-refractivity contribution in [2.24, 2.45) is 5.73 Å². The molecule has 0 aromatic heterocycles. The number of likely N-dealkylation sites (tertiary alicyclic amines) is 1. The number of hydrogen-bond acceptors (Lipinski definition) is 3. The van der Waals surface area contributed by atoms with Crippen LogP contribution in [0.25, 0.3) is 0 Å². The molecule has 1 fully saturated rings. The summed E-state index contributed by atoms with van der Waals surface area (Å²) in [4.78, 5) is 14.0. The van der Waals surface area contributed by atoms with Gasteiger partial charge in [0.15, 0.2) is 6.61 Å². The molecule has 1 aliphatic heterocycles. The first-order valence-electron chi connectivity index (χ1n) is 7.03. The van der Waals surface area contributed by atoms with Gasteiger partial charge < -0.3 is 15.4 Å². The predicted octanol–water partition coefficient (Wildman–Crippen LogP) is 2.86. The summed E-state index contributed by atoms with van der Waals surface area (Å²) in [6, 6.07) is 5.60. The molecule has 0 radical (unpaired) electrons. The number of ether oxygens (including phenoxy) is 1. The van der Waals surface area contributed by atoms with Crippen molar-refractivity contribution < 1.29 is 9.53 Å². The maximum atomic E-state index is 12.1. The molecule has 4 nitrogen and oxygen atoms in total. The van der Waals surface area contributed by atoms with Crippen molar-refractivity contribution in [1.29, 1.82) is 0 Å². The van der Waals surface area contributed by atoms with E-state index in [2.05, 4.69) is 15.9 Å². The van der Waals surface area contributed by atoms with Crippen LogP contribution in [-0.4, -0.2) is 30.5 Å². The molecule has 0 spiro atoms. The van der Waals surface area contributed by atoms with E-state index in [0.717, 1.165) is 36.0 Å². The van der Waals surface area contributed by atoms with Crippen molar-refractivity contribution in [3.63, 3.8) is 0 Å². The molecule has 0 saturated carbocycles. The van der Waals surface area contributed by atoms with E-state index in [9.17, 15) is 4.79 Å². The Balaban J connectivity index is 1.99. The van der Waals surface area contributed by atoms with Gasteiger partial charge in [-0.1, -0.05) is 22.0 Å². The van der Waals surface area contributed by atoms with E-state index in [1.54, 1.807) is 0 Å². The van der Waals surface area contributed by atoms with Crippen molar-refractivity contribution in [2.75, 3.05) is 19.7 Å². The van der Waals surface area contributed by atoms with Gasteiger partial charge in [0.1, 0.15) is 5.75 Å². The number of benzene rings is 1. The van der Waals surface area contributed by atoms with Gasteiger partial charge in [-0.2, -0.15) is 0 Å². The van der Waals surface area contributed by atoms with Gasteiger partial charge in [0.25, 0.3) is 5.91 Å². The zero-order valence-corrected chi connectivity index (χ0v) is 13.4. The van der Waals surface area contributed by atoms with E-state index in [1.807, 2.05) is 30.0 Å². The molecule has 1 aromatic rings. The molecule has 2 N–H and O–H groups in total. The first-order valence-corrected chi connectivity index (χ1v) is 7.83. The van der Waals surface area contributed by atoms with Gasteiger partial charge in [-0.25, -0.2) is 0 Å². The molecule has 2 rings (SSSR count).